The predicted molar refractivity (Wildman–Crippen MR) is 199 cm³/mol. The number of esters is 1. The lowest BCUT2D eigenvalue weighted by molar-refractivity contribution is -0.146. The highest BCUT2D eigenvalue weighted by Gasteiger charge is 2.33. The van der Waals surface area contributed by atoms with Crippen LogP contribution in [0, 0.1) is 11.8 Å². The normalized spacial score (nSPS) is 13.5. The molecule has 0 bridgehead atoms. The van der Waals surface area contributed by atoms with E-state index >= 15 is 0 Å². The number of benzene rings is 2. The first kappa shape index (κ1) is 44.0. The summed E-state index contributed by atoms with van der Waals surface area (Å²) >= 11 is 0. The van der Waals surface area contributed by atoms with Crippen molar-refractivity contribution >= 4 is 35.7 Å². The zero-order valence-electron chi connectivity index (χ0n) is 32.2. The van der Waals surface area contributed by atoms with Gasteiger partial charge in [0.15, 0.2) is 0 Å². The minimum atomic E-state index is -1.30. The Morgan fingerprint density at radius 1 is 0.679 bits per heavy atom. The van der Waals surface area contributed by atoms with Gasteiger partial charge in [-0.25, -0.2) is 9.59 Å². The van der Waals surface area contributed by atoms with E-state index in [4.69, 9.17) is 19.9 Å². The van der Waals surface area contributed by atoms with Crippen LogP contribution in [0.5, 0.6) is 5.75 Å². The lowest BCUT2D eigenvalue weighted by Crippen LogP contribution is -2.58. The summed E-state index contributed by atoms with van der Waals surface area (Å²) in [6.45, 7) is 12.9. The van der Waals surface area contributed by atoms with E-state index in [2.05, 4.69) is 21.3 Å². The molecule has 0 fully saturated rings. The van der Waals surface area contributed by atoms with Crippen molar-refractivity contribution in [2.45, 2.75) is 117 Å². The molecule has 2 rings (SSSR count). The van der Waals surface area contributed by atoms with Gasteiger partial charge in [-0.3, -0.25) is 19.2 Å². The van der Waals surface area contributed by atoms with Crippen LogP contribution in [-0.2, 0) is 46.5 Å². The van der Waals surface area contributed by atoms with Gasteiger partial charge in [0.25, 0.3) is 0 Å². The lowest BCUT2D eigenvalue weighted by Gasteiger charge is -2.27. The van der Waals surface area contributed by atoms with Crippen LogP contribution in [0.3, 0.4) is 0 Å². The number of methoxy groups -OCH3 is 1. The van der Waals surface area contributed by atoms with Gasteiger partial charge in [-0.15, -0.1) is 0 Å². The van der Waals surface area contributed by atoms with E-state index in [9.17, 15) is 28.8 Å². The van der Waals surface area contributed by atoms with Crippen molar-refractivity contribution in [3.63, 3.8) is 0 Å². The number of ether oxygens (including phenoxy) is 3. The van der Waals surface area contributed by atoms with Crippen LogP contribution in [0.4, 0.5) is 4.79 Å². The lowest BCUT2D eigenvalue weighted by atomic mass is 10.0. The summed E-state index contributed by atoms with van der Waals surface area (Å²) in [5.41, 5.74) is 6.21. The number of primary amides is 1. The van der Waals surface area contributed by atoms with Crippen molar-refractivity contribution in [2.24, 2.45) is 17.6 Å². The molecule has 292 valence electrons. The molecule has 0 aromatic heterocycles. The molecule has 0 heterocycles. The van der Waals surface area contributed by atoms with E-state index in [1.54, 1.807) is 45.0 Å². The van der Waals surface area contributed by atoms with Crippen molar-refractivity contribution in [3.05, 3.63) is 65.7 Å². The average Bonchev–Trinajstić information content (AvgIpc) is 3.07. The fourth-order valence-electron chi connectivity index (χ4n) is 5.26. The van der Waals surface area contributed by atoms with Crippen molar-refractivity contribution in [2.75, 3.05) is 7.11 Å². The molecule has 5 amide bonds. The average molecular weight is 740 g/mol. The molecule has 0 aliphatic carbocycles. The number of nitrogens with one attached hydrogen (secondary N) is 4. The van der Waals surface area contributed by atoms with Crippen LogP contribution in [0.2, 0.25) is 0 Å². The summed E-state index contributed by atoms with van der Waals surface area (Å²) in [6.07, 6.45) is -0.729. The van der Waals surface area contributed by atoms with Gasteiger partial charge in [0.1, 0.15) is 42.1 Å². The topological polar surface area (TPSA) is 204 Å². The monoisotopic (exact) mass is 739 g/mol. The van der Waals surface area contributed by atoms with E-state index in [0.717, 1.165) is 5.56 Å². The highest BCUT2D eigenvalue weighted by Crippen LogP contribution is 2.17. The molecular weight excluding hydrogens is 682 g/mol. The Kier molecular flexibility index (Phi) is 17.8. The van der Waals surface area contributed by atoms with Crippen molar-refractivity contribution in [3.8, 4) is 5.75 Å². The summed E-state index contributed by atoms with van der Waals surface area (Å²) in [7, 11) is 1.20. The van der Waals surface area contributed by atoms with Gasteiger partial charge >= 0.3 is 12.1 Å². The van der Waals surface area contributed by atoms with Gasteiger partial charge in [0.2, 0.25) is 23.6 Å². The maximum absolute atomic E-state index is 14.0. The van der Waals surface area contributed by atoms with Gasteiger partial charge < -0.3 is 41.2 Å². The van der Waals surface area contributed by atoms with Crippen LogP contribution in [0.25, 0.3) is 0 Å². The first-order chi connectivity index (χ1) is 24.9. The molecule has 6 N–H and O–H groups in total. The summed E-state index contributed by atoms with van der Waals surface area (Å²) in [5.74, 6) is -2.90. The molecule has 0 unspecified atom stereocenters. The second-order valence-electron chi connectivity index (χ2n) is 14.8. The molecule has 14 nitrogen and oxygen atoms in total. The number of carbonyl (C=O) groups excluding carboxylic acids is 6. The van der Waals surface area contributed by atoms with Crippen LogP contribution < -0.4 is 31.7 Å². The molecule has 0 aliphatic rings. The molecule has 2 aromatic carbocycles. The zero-order chi connectivity index (χ0) is 39.7. The van der Waals surface area contributed by atoms with E-state index in [1.807, 2.05) is 58.0 Å². The van der Waals surface area contributed by atoms with Crippen LogP contribution in [0.1, 0.15) is 85.3 Å². The Hall–Kier alpha value is -5.14. The fourth-order valence-corrected chi connectivity index (χ4v) is 5.26. The maximum atomic E-state index is 14.0. The number of alkyl carbamates (subject to hydrolysis) is 1. The van der Waals surface area contributed by atoms with Gasteiger partial charge in [0, 0.05) is 12.8 Å². The van der Waals surface area contributed by atoms with Crippen molar-refractivity contribution < 1.29 is 43.0 Å². The number of carbonyl (C=O) groups is 6. The summed E-state index contributed by atoms with van der Waals surface area (Å²) < 4.78 is 16.1. The molecule has 53 heavy (non-hydrogen) atoms. The quantitative estimate of drug-likeness (QED) is 0.126. The first-order valence-electron chi connectivity index (χ1n) is 17.9. The maximum Gasteiger partial charge on any atom is 0.408 e. The minimum Gasteiger partial charge on any atom is -0.489 e. The highest BCUT2D eigenvalue weighted by molar-refractivity contribution is 5.95. The molecule has 2 aromatic rings. The summed E-state index contributed by atoms with van der Waals surface area (Å²) in [4.78, 5) is 78.2. The molecule has 14 heteroatoms. The molecule has 0 saturated carbocycles. The molecule has 0 radical (unpaired) electrons. The van der Waals surface area contributed by atoms with Gasteiger partial charge in [0.05, 0.1) is 7.11 Å². The Balaban J connectivity index is 2.39. The van der Waals surface area contributed by atoms with Crippen molar-refractivity contribution in [1.29, 1.82) is 0 Å². The third kappa shape index (κ3) is 17.3. The Morgan fingerprint density at radius 3 is 1.75 bits per heavy atom. The molecule has 4 atom stereocenters. The van der Waals surface area contributed by atoms with E-state index in [-0.39, 0.29) is 43.9 Å². The Bertz CT molecular complexity index is 1510. The molecule has 0 saturated heterocycles. The van der Waals surface area contributed by atoms with Gasteiger partial charge in [-0.1, -0.05) is 70.2 Å². The molecule has 0 spiro atoms. The second kappa shape index (κ2) is 21.4. The SMILES string of the molecule is COC(=O)[C@H](CC(C)C)NC(=O)[C@H](CCC(N)=O)NC(=O)[C@@H](Cc1ccc(OCc2ccccc2)cc1)NC(=O)[C@H](CC(C)C)NC(=O)OC(C)(C)C. The molecular formula is C39H57N5O9. The number of hydrogen-bond donors (Lipinski definition) is 5. The van der Waals surface area contributed by atoms with E-state index in [0.29, 0.717) is 17.9 Å². The highest BCUT2D eigenvalue weighted by atomic mass is 16.6. The Labute approximate surface area is 312 Å². The predicted octanol–water partition coefficient (Wildman–Crippen LogP) is 3.69. The number of rotatable bonds is 20. The minimum absolute atomic E-state index is 0.0142. The van der Waals surface area contributed by atoms with Crippen LogP contribution >= 0.6 is 0 Å². The Morgan fingerprint density at radius 2 is 1.21 bits per heavy atom. The third-order valence-electron chi connectivity index (χ3n) is 7.78. The molecule has 0 aliphatic heterocycles. The van der Waals surface area contributed by atoms with Crippen LogP contribution in [-0.4, -0.2) is 72.6 Å². The smallest absolute Gasteiger partial charge is 0.408 e. The zero-order valence-corrected chi connectivity index (χ0v) is 32.2. The first-order valence-corrected chi connectivity index (χ1v) is 17.9. The van der Waals surface area contributed by atoms with Gasteiger partial charge in [-0.05, 0) is 75.1 Å². The van der Waals surface area contributed by atoms with Gasteiger partial charge in [-0.2, -0.15) is 0 Å². The fraction of sp³-hybridized carbons (Fsp3) is 0.538. The summed E-state index contributed by atoms with van der Waals surface area (Å²) in [5, 5.41) is 10.6. The third-order valence-corrected chi connectivity index (χ3v) is 7.78. The number of nitrogens with two attached hydrogens (primary N) is 1. The van der Waals surface area contributed by atoms with Crippen LogP contribution in [0.15, 0.2) is 54.6 Å². The van der Waals surface area contributed by atoms with E-state index < -0.39 is 65.5 Å². The standard InChI is InChI=1S/C39H57N5O9/c1-24(2)20-30(44-38(50)53-39(5,6)7)35(47)42-31(22-26-14-16-28(17-15-26)52-23-27-12-10-9-11-13-27)36(48)41-29(18-19-33(40)45)34(46)43-32(21-25(3)4)37(49)51-8/h9-17,24-25,29-32H,18-23H2,1-8H3,(H2,40,45)(H,41,48)(H,42,47)(H,43,46)(H,44,50)/t29-,30-,31+,32-/m0/s1. The largest absolute Gasteiger partial charge is 0.489 e. The van der Waals surface area contributed by atoms with Crippen molar-refractivity contribution in [1.82, 2.24) is 21.3 Å². The number of hydrogen-bond acceptors (Lipinski definition) is 9. The van der Waals surface area contributed by atoms with E-state index in [1.165, 1.54) is 7.11 Å². The number of amides is 5. The summed E-state index contributed by atoms with van der Waals surface area (Å²) in [6, 6.07) is 12.0. The second-order valence-corrected chi connectivity index (χ2v) is 14.8.